The lowest BCUT2D eigenvalue weighted by Crippen LogP contribution is -2.41. The van der Waals surface area contributed by atoms with Crippen molar-refractivity contribution >= 4 is 34.1 Å². The quantitative estimate of drug-likeness (QED) is 0.297. The van der Waals surface area contributed by atoms with E-state index >= 15 is 0 Å². The molecule has 198 valence electrons. The van der Waals surface area contributed by atoms with Crippen molar-refractivity contribution in [2.75, 3.05) is 6.61 Å². The predicted octanol–water partition coefficient (Wildman–Crippen LogP) is 3.97. The lowest BCUT2D eigenvalue weighted by atomic mass is 9.96. The molecule has 4 heterocycles. The van der Waals surface area contributed by atoms with E-state index in [-0.39, 0.29) is 35.4 Å². The van der Waals surface area contributed by atoms with Crippen molar-refractivity contribution in [1.29, 1.82) is 0 Å². The zero-order valence-electron chi connectivity index (χ0n) is 20.3. The Hall–Kier alpha value is -4.09. The number of fused-ring (bicyclic) bond motifs is 3. The molecule has 13 heteroatoms. The summed E-state index contributed by atoms with van der Waals surface area (Å²) in [6.07, 6.45) is 5.10. The van der Waals surface area contributed by atoms with Crippen LogP contribution >= 0.6 is 23.2 Å². The topological polar surface area (TPSA) is 96.8 Å². The molecule has 0 aliphatic carbocycles. The van der Waals surface area contributed by atoms with E-state index in [1.807, 2.05) is 0 Å². The van der Waals surface area contributed by atoms with Gasteiger partial charge in [-0.05, 0) is 35.4 Å². The molecule has 6 rings (SSSR count). The molecule has 0 radical (unpaired) electrons. The average Bonchev–Trinajstić information content (AvgIpc) is 3.56. The fourth-order valence-electron chi connectivity index (χ4n) is 4.83. The Bertz CT molecular complexity index is 1890. The van der Waals surface area contributed by atoms with Crippen LogP contribution in [0.1, 0.15) is 17.0 Å². The molecule has 0 amide bonds. The van der Waals surface area contributed by atoms with Crippen molar-refractivity contribution < 1.29 is 13.5 Å². The number of halogens is 4. The highest BCUT2D eigenvalue weighted by atomic mass is 35.5. The molecule has 0 N–H and O–H groups in total. The molecule has 39 heavy (non-hydrogen) atoms. The van der Waals surface area contributed by atoms with Crippen molar-refractivity contribution in [3.05, 3.63) is 102 Å². The van der Waals surface area contributed by atoms with E-state index in [1.165, 1.54) is 21.6 Å². The van der Waals surface area contributed by atoms with Gasteiger partial charge in [-0.2, -0.15) is 5.10 Å². The molecular weight excluding hydrogens is 553 g/mol. The number of aromatic nitrogens is 6. The number of ether oxygens (including phenoxy) is 1. The van der Waals surface area contributed by atoms with Crippen LogP contribution < -0.4 is 16.0 Å². The van der Waals surface area contributed by atoms with Crippen LogP contribution in [0.3, 0.4) is 0 Å². The molecule has 3 aromatic heterocycles. The number of nitrogens with zero attached hydrogens (tertiary/aromatic N) is 6. The molecule has 2 aromatic carbocycles. The Morgan fingerprint density at radius 2 is 1.87 bits per heavy atom. The Kier molecular flexibility index (Phi) is 6.19. The number of hydrogen-bond donors (Lipinski definition) is 0. The van der Waals surface area contributed by atoms with Crippen molar-refractivity contribution in [2.45, 2.75) is 19.5 Å². The van der Waals surface area contributed by atoms with Gasteiger partial charge in [0, 0.05) is 37.0 Å². The van der Waals surface area contributed by atoms with Gasteiger partial charge in [-0.15, -0.1) is 0 Å². The van der Waals surface area contributed by atoms with Crippen LogP contribution in [0.25, 0.3) is 22.0 Å². The summed E-state index contributed by atoms with van der Waals surface area (Å²) in [5.41, 5.74) is 1.13. The first-order chi connectivity index (χ1) is 18.7. The summed E-state index contributed by atoms with van der Waals surface area (Å²) in [6, 6.07) is 5.51. The average molecular weight is 571 g/mol. The van der Waals surface area contributed by atoms with Gasteiger partial charge in [-0.25, -0.2) is 18.6 Å². The second-order valence-corrected chi connectivity index (χ2v) is 9.86. The summed E-state index contributed by atoms with van der Waals surface area (Å²) in [5.74, 6) is -1.78. The summed E-state index contributed by atoms with van der Waals surface area (Å²) in [4.78, 5) is 36.0. The van der Waals surface area contributed by atoms with Crippen LogP contribution in [0.4, 0.5) is 8.78 Å². The first-order valence-corrected chi connectivity index (χ1v) is 12.5. The zero-order valence-corrected chi connectivity index (χ0v) is 21.8. The van der Waals surface area contributed by atoms with Crippen LogP contribution in [0, 0.1) is 11.6 Å². The minimum absolute atomic E-state index is 0.162. The normalized spacial score (nSPS) is 12.6. The fourth-order valence-corrected chi connectivity index (χ4v) is 5.26. The summed E-state index contributed by atoms with van der Waals surface area (Å²) in [5, 5.41) is 4.34. The molecule has 0 saturated carbocycles. The minimum Gasteiger partial charge on any atom is -0.492 e. The Balaban J connectivity index is 1.67. The Morgan fingerprint density at radius 1 is 1.05 bits per heavy atom. The van der Waals surface area contributed by atoms with E-state index in [9.17, 15) is 18.4 Å². The first-order valence-electron chi connectivity index (χ1n) is 11.8. The van der Waals surface area contributed by atoms with E-state index in [2.05, 4.69) is 15.1 Å². The van der Waals surface area contributed by atoms with Gasteiger partial charge in [-0.3, -0.25) is 23.6 Å². The van der Waals surface area contributed by atoms with Crippen molar-refractivity contribution in [3.8, 4) is 16.9 Å². The largest absolute Gasteiger partial charge is 0.492 e. The second kappa shape index (κ2) is 9.58. The predicted molar refractivity (Wildman–Crippen MR) is 140 cm³/mol. The Labute approximate surface area is 228 Å². The summed E-state index contributed by atoms with van der Waals surface area (Å²) < 4.78 is 37.8. The van der Waals surface area contributed by atoms with E-state index in [1.54, 1.807) is 31.6 Å². The van der Waals surface area contributed by atoms with Gasteiger partial charge < -0.3 is 4.74 Å². The third-order valence-electron chi connectivity index (χ3n) is 6.56. The highest BCUT2D eigenvalue weighted by molar-refractivity contribution is 6.33. The third-order valence-corrected chi connectivity index (χ3v) is 7.17. The Morgan fingerprint density at radius 3 is 2.59 bits per heavy atom. The third kappa shape index (κ3) is 4.27. The number of aryl methyl sites for hydroxylation is 1. The van der Waals surface area contributed by atoms with E-state index < -0.39 is 27.9 Å². The van der Waals surface area contributed by atoms with Crippen LogP contribution in [-0.4, -0.2) is 35.5 Å². The molecule has 5 aromatic rings. The highest BCUT2D eigenvalue weighted by Gasteiger charge is 2.27. The molecule has 1 aliphatic heterocycles. The lowest BCUT2D eigenvalue weighted by Gasteiger charge is -2.18. The maximum absolute atomic E-state index is 14.2. The van der Waals surface area contributed by atoms with Gasteiger partial charge in [0.25, 0.3) is 5.56 Å². The molecule has 0 spiro atoms. The van der Waals surface area contributed by atoms with E-state index in [4.69, 9.17) is 27.9 Å². The van der Waals surface area contributed by atoms with Gasteiger partial charge in [0.15, 0.2) is 17.5 Å². The molecule has 1 aliphatic rings. The van der Waals surface area contributed by atoms with Crippen LogP contribution in [0.5, 0.6) is 5.75 Å². The van der Waals surface area contributed by atoms with Crippen molar-refractivity contribution in [2.24, 2.45) is 7.05 Å². The molecule has 0 fully saturated rings. The van der Waals surface area contributed by atoms with E-state index in [0.717, 1.165) is 16.2 Å². The van der Waals surface area contributed by atoms with Gasteiger partial charge >= 0.3 is 5.69 Å². The zero-order chi connectivity index (χ0) is 27.4. The smallest absolute Gasteiger partial charge is 0.332 e. The van der Waals surface area contributed by atoms with Gasteiger partial charge in [0.1, 0.15) is 17.5 Å². The summed E-state index contributed by atoms with van der Waals surface area (Å²) in [7, 11) is 1.66. The summed E-state index contributed by atoms with van der Waals surface area (Å²) in [6.45, 7) is -0.114. The highest BCUT2D eigenvalue weighted by Crippen LogP contribution is 2.41. The van der Waals surface area contributed by atoms with E-state index in [0.29, 0.717) is 34.9 Å². The standard InChI is InChI=1S/C26H18Cl2F2N6O3/c1-34-12-32-21(33-34)11-36-25(37)22-20(35(26(36)38)10-13-6-18(28)23(30)19(29)7-13)8-15(14-3-5-39-24(14)22)16-9-31-4-2-17(16)27/h2,4,6-9,12H,3,5,10-11H2,1H3. The van der Waals surface area contributed by atoms with Crippen molar-refractivity contribution in [3.63, 3.8) is 0 Å². The van der Waals surface area contributed by atoms with Crippen molar-refractivity contribution in [1.82, 2.24) is 28.9 Å². The van der Waals surface area contributed by atoms with Gasteiger partial charge in [0.2, 0.25) is 0 Å². The number of hydrogen-bond acceptors (Lipinski definition) is 6. The second-order valence-electron chi connectivity index (χ2n) is 9.05. The molecule has 0 unspecified atom stereocenters. The molecule has 9 nitrogen and oxygen atoms in total. The molecule has 0 saturated heterocycles. The van der Waals surface area contributed by atoms with Gasteiger partial charge in [-0.1, -0.05) is 23.2 Å². The van der Waals surface area contributed by atoms with Crippen LogP contribution in [0.2, 0.25) is 10.0 Å². The maximum atomic E-state index is 14.2. The van der Waals surface area contributed by atoms with Crippen LogP contribution in [0.15, 0.2) is 52.6 Å². The molecule has 0 atom stereocenters. The number of pyridine rings is 1. The van der Waals surface area contributed by atoms with Gasteiger partial charge in [0.05, 0.1) is 35.3 Å². The monoisotopic (exact) mass is 570 g/mol. The number of benzene rings is 2. The summed E-state index contributed by atoms with van der Waals surface area (Å²) >= 11 is 12.4. The fraction of sp³-hybridized carbons (Fsp3) is 0.192. The lowest BCUT2D eigenvalue weighted by molar-refractivity contribution is 0.359. The van der Waals surface area contributed by atoms with Crippen LogP contribution in [-0.2, 0) is 26.6 Å². The maximum Gasteiger partial charge on any atom is 0.332 e. The minimum atomic E-state index is -1.19. The molecule has 0 bridgehead atoms. The molecular formula is C26H18Cl2F2N6O3. The number of rotatable bonds is 5. The SMILES string of the molecule is Cn1cnc(Cn2c(=O)c3c4c(c(-c5cnccc5Cl)cc3n(Cc3cc(F)c(F)c(Cl)c3)c2=O)CCO4)n1. The first kappa shape index (κ1) is 25.2.